The number of aromatic hydroxyl groups is 1. The van der Waals surface area contributed by atoms with Gasteiger partial charge in [-0.2, -0.15) is 0 Å². The number of aromatic amines is 1. The van der Waals surface area contributed by atoms with Crippen molar-refractivity contribution in [1.29, 1.82) is 0 Å². The fraction of sp³-hybridized carbons (Fsp3) is 0.400. The number of ether oxygens (including phenoxy) is 1. The normalized spacial score (nSPS) is 17.0. The van der Waals surface area contributed by atoms with Crippen molar-refractivity contribution in [2.24, 2.45) is 4.99 Å². The van der Waals surface area contributed by atoms with Gasteiger partial charge in [0.2, 0.25) is 0 Å². The summed E-state index contributed by atoms with van der Waals surface area (Å²) in [6.07, 6.45) is 3.13. The van der Waals surface area contributed by atoms with Gasteiger partial charge in [-0.25, -0.2) is 9.97 Å². The first-order chi connectivity index (χ1) is 16.9. The number of fused-ring (bicyclic) bond motifs is 2. The Morgan fingerprint density at radius 1 is 1.06 bits per heavy atom. The van der Waals surface area contributed by atoms with E-state index < -0.39 is 0 Å². The molecule has 1 aliphatic heterocycles. The van der Waals surface area contributed by atoms with Gasteiger partial charge in [-0.3, -0.25) is 9.89 Å². The Morgan fingerprint density at radius 2 is 1.89 bits per heavy atom. The van der Waals surface area contributed by atoms with E-state index in [4.69, 9.17) is 4.74 Å². The monoisotopic (exact) mass is 478 g/mol. The first-order valence-electron chi connectivity index (χ1n) is 11.6. The van der Waals surface area contributed by atoms with Crippen LogP contribution in [-0.2, 0) is 6.54 Å². The minimum atomic E-state index is 0.00493. The second-order valence-electron chi connectivity index (χ2n) is 8.98. The lowest BCUT2D eigenvalue weighted by molar-refractivity contribution is 0.265. The SMILES string of the molecule is C=C1CN(C)Cc2cc(ccc2OC)N=Cc2c(O)[nH]c3ncnc(c23)NCCN(C)CCN1C. The van der Waals surface area contributed by atoms with Crippen molar-refractivity contribution in [2.45, 2.75) is 6.54 Å². The molecule has 0 fully saturated rings. The number of likely N-dealkylation sites (N-methyl/N-ethyl adjacent to an activating group) is 3. The molecule has 186 valence electrons. The van der Waals surface area contributed by atoms with Crippen LogP contribution in [0.4, 0.5) is 11.5 Å². The molecule has 0 amide bonds. The Balaban J connectivity index is 1.72. The number of rotatable bonds is 1. The fourth-order valence-electron chi connectivity index (χ4n) is 4.14. The molecule has 4 rings (SSSR count). The zero-order chi connectivity index (χ0) is 24.9. The summed E-state index contributed by atoms with van der Waals surface area (Å²) in [5, 5.41) is 14.7. The lowest BCUT2D eigenvalue weighted by Gasteiger charge is -2.28. The van der Waals surface area contributed by atoms with Gasteiger partial charge in [-0.15, -0.1) is 0 Å². The third kappa shape index (κ3) is 5.72. The summed E-state index contributed by atoms with van der Waals surface area (Å²) in [5.41, 5.74) is 3.93. The van der Waals surface area contributed by atoms with Crippen LogP contribution in [0.2, 0.25) is 0 Å². The van der Waals surface area contributed by atoms with Gasteiger partial charge in [0.1, 0.15) is 23.5 Å². The van der Waals surface area contributed by atoms with Gasteiger partial charge in [0.25, 0.3) is 0 Å². The van der Waals surface area contributed by atoms with Crippen LogP contribution in [0.3, 0.4) is 0 Å². The average Bonchev–Trinajstić information content (AvgIpc) is 3.16. The Morgan fingerprint density at radius 3 is 2.69 bits per heavy atom. The maximum atomic E-state index is 10.6. The van der Waals surface area contributed by atoms with Gasteiger partial charge in [-0.05, 0) is 32.3 Å². The number of hydrogen-bond donors (Lipinski definition) is 3. The summed E-state index contributed by atoms with van der Waals surface area (Å²) >= 11 is 0. The van der Waals surface area contributed by atoms with Crippen molar-refractivity contribution in [2.75, 3.05) is 66.3 Å². The molecular formula is C25H34N8O2. The van der Waals surface area contributed by atoms with Crippen LogP contribution >= 0.6 is 0 Å². The van der Waals surface area contributed by atoms with Gasteiger partial charge in [-0.1, -0.05) is 6.58 Å². The number of anilines is 1. The minimum Gasteiger partial charge on any atom is -0.496 e. The highest BCUT2D eigenvalue weighted by atomic mass is 16.5. The molecule has 2 aromatic heterocycles. The quantitative estimate of drug-likeness (QED) is 0.490. The third-order valence-electron chi connectivity index (χ3n) is 6.25. The molecule has 0 aliphatic carbocycles. The van der Waals surface area contributed by atoms with Gasteiger partial charge >= 0.3 is 0 Å². The first kappa shape index (κ1) is 24.5. The van der Waals surface area contributed by atoms with Gasteiger partial charge in [0.05, 0.1) is 23.7 Å². The minimum absolute atomic E-state index is 0.00493. The topological polar surface area (TPSA) is 105 Å². The van der Waals surface area contributed by atoms with Crippen LogP contribution < -0.4 is 10.1 Å². The Bertz CT molecular complexity index is 1220. The Kier molecular flexibility index (Phi) is 7.52. The molecule has 3 heterocycles. The maximum Gasteiger partial charge on any atom is 0.199 e. The molecule has 1 aromatic carbocycles. The number of hydrogen-bond acceptors (Lipinski definition) is 9. The molecule has 1 aliphatic rings. The molecule has 0 saturated heterocycles. The largest absolute Gasteiger partial charge is 0.496 e. The molecule has 0 atom stereocenters. The van der Waals surface area contributed by atoms with Crippen molar-refractivity contribution >= 4 is 28.8 Å². The summed E-state index contributed by atoms with van der Waals surface area (Å²) < 4.78 is 5.60. The van der Waals surface area contributed by atoms with Crippen LogP contribution in [0.5, 0.6) is 11.6 Å². The predicted molar refractivity (Wildman–Crippen MR) is 140 cm³/mol. The highest BCUT2D eigenvalue weighted by Crippen LogP contribution is 2.31. The van der Waals surface area contributed by atoms with E-state index in [0.717, 1.165) is 48.9 Å². The van der Waals surface area contributed by atoms with E-state index in [-0.39, 0.29) is 5.88 Å². The maximum absolute atomic E-state index is 10.6. The predicted octanol–water partition coefficient (Wildman–Crippen LogP) is 2.66. The van der Waals surface area contributed by atoms with E-state index in [2.05, 4.69) is 67.7 Å². The van der Waals surface area contributed by atoms with E-state index in [1.165, 1.54) is 6.33 Å². The van der Waals surface area contributed by atoms with E-state index >= 15 is 0 Å². The van der Waals surface area contributed by atoms with E-state index in [9.17, 15) is 5.11 Å². The summed E-state index contributed by atoms with van der Waals surface area (Å²) in [6.45, 7) is 9.02. The zero-order valence-electron chi connectivity index (χ0n) is 20.9. The van der Waals surface area contributed by atoms with Crippen molar-refractivity contribution in [3.63, 3.8) is 0 Å². The summed E-state index contributed by atoms with van der Waals surface area (Å²) in [5.74, 6) is 1.46. The summed E-state index contributed by atoms with van der Waals surface area (Å²) in [7, 11) is 7.92. The number of benzene rings is 1. The van der Waals surface area contributed by atoms with Gasteiger partial charge in [0, 0.05) is 63.8 Å². The number of nitrogens with zero attached hydrogens (tertiary/aromatic N) is 6. The van der Waals surface area contributed by atoms with E-state index in [1.54, 1.807) is 13.3 Å². The number of H-pyrrole nitrogens is 1. The molecule has 10 nitrogen and oxygen atoms in total. The van der Waals surface area contributed by atoms with Crippen molar-refractivity contribution in [3.8, 4) is 11.6 Å². The Labute approximate surface area is 205 Å². The van der Waals surface area contributed by atoms with E-state index in [1.807, 2.05) is 18.2 Å². The molecule has 3 N–H and O–H groups in total. The van der Waals surface area contributed by atoms with Gasteiger partial charge in [0.15, 0.2) is 5.88 Å². The number of nitrogens with one attached hydrogen (secondary N) is 2. The number of aromatic nitrogens is 3. The standard InChI is InChI=1S/C25H34N8O2/c1-17-14-32(3)15-18-12-19(6-7-21(18)35-5)27-13-20-22-23(28-16-29-24(22)30-25(20)34)26-8-9-31(2)10-11-33(17)4/h6-7,12-13,16,34H,1,8-11,14-15H2,2-5H3,(H2,26,28,29,30). The molecule has 0 unspecified atom stereocenters. The van der Waals surface area contributed by atoms with Crippen LogP contribution in [-0.4, -0.2) is 102 Å². The van der Waals surface area contributed by atoms with E-state index in [0.29, 0.717) is 35.5 Å². The first-order valence-corrected chi connectivity index (χ1v) is 11.6. The fourth-order valence-corrected chi connectivity index (χ4v) is 4.14. The van der Waals surface area contributed by atoms with Crippen LogP contribution in [0, 0.1) is 0 Å². The smallest absolute Gasteiger partial charge is 0.199 e. The van der Waals surface area contributed by atoms with Crippen molar-refractivity contribution in [1.82, 2.24) is 29.7 Å². The second kappa shape index (κ2) is 10.7. The highest BCUT2D eigenvalue weighted by Gasteiger charge is 2.16. The summed E-state index contributed by atoms with van der Waals surface area (Å²) in [6, 6.07) is 5.81. The number of aliphatic imine (C=N–C) groups is 1. The van der Waals surface area contributed by atoms with Crippen LogP contribution in [0.1, 0.15) is 11.1 Å². The highest BCUT2D eigenvalue weighted by molar-refractivity contribution is 6.06. The lowest BCUT2D eigenvalue weighted by Crippen LogP contribution is -2.35. The third-order valence-corrected chi connectivity index (χ3v) is 6.25. The second-order valence-corrected chi connectivity index (χ2v) is 8.98. The Hall–Kier alpha value is -3.63. The van der Waals surface area contributed by atoms with Crippen molar-refractivity contribution < 1.29 is 9.84 Å². The molecule has 2 bridgehead atoms. The molecule has 0 saturated carbocycles. The molecule has 10 heteroatoms. The molecular weight excluding hydrogens is 444 g/mol. The van der Waals surface area contributed by atoms with Crippen LogP contribution in [0.25, 0.3) is 11.0 Å². The van der Waals surface area contributed by atoms with Gasteiger partial charge < -0.3 is 29.9 Å². The summed E-state index contributed by atoms with van der Waals surface area (Å²) in [4.78, 5) is 23.0. The molecule has 35 heavy (non-hydrogen) atoms. The van der Waals surface area contributed by atoms with Crippen LogP contribution in [0.15, 0.2) is 41.8 Å². The molecule has 0 radical (unpaired) electrons. The average molecular weight is 479 g/mol. The van der Waals surface area contributed by atoms with Crippen molar-refractivity contribution in [3.05, 3.63) is 47.9 Å². The molecule has 3 aromatic rings. The number of methoxy groups -OCH3 is 1. The zero-order valence-corrected chi connectivity index (χ0v) is 20.9. The lowest BCUT2D eigenvalue weighted by atomic mass is 10.1. The molecule has 0 spiro atoms.